The number of alkyl halides is 3. The highest BCUT2D eigenvalue weighted by Crippen LogP contribution is 2.19. The molecule has 1 aliphatic heterocycles. The van der Waals surface area contributed by atoms with E-state index in [0.29, 0.717) is 30.2 Å². The summed E-state index contributed by atoms with van der Waals surface area (Å²) in [7, 11) is 0. The molecule has 1 aliphatic rings. The minimum absolute atomic E-state index is 0.0766. The molecule has 0 amide bonds. The van der Waals surface area contributed by atoms with Gasteiger partial charge in [0.2, 0.25) is 0 Å². The van der Waals surface area contributed by atoms with Gasteiger partial charge in [0.05, 0.1) is 19.3 Å². The minimum Gasteiger partial charge on any atom is -0.378 e. The summed E-state index contributed by atoms with van der Waals surface area (Å²) in [5, 5.41) is 6.88. The first-order valence-electron chi connectivity index (χ1n) is 6.85. The largest absolute Gasteiger partial charge is 0.406 e. The summed E-state index contributed by atoms with van der Waals surface area (Å²) in [4.78, 5) is 16.2. The first-order valence-corrected chi connectivity index (χ1v) is 6.85. The van der Waals surface area contributed by atoms with Crippen LogP contribution >= 0.6 is 0 Å². The number of nitrogens with zero attached hydrogens (tertiary/aromatic N) is 3. The Balaban J connectivity index is 1.89. The Bertz CT molecular complexity index is 735. The normalized spacial score (nSPS) is 19.0. The Labute approximate surface area is 128 Å². The summed E-state index contributed by atoms with van der Waals surface area (Å²) >= 11 is 0. The van der Waals surface area contributed by atoms with Gasteiger partial charge < -0.3 is 19.1 Å². The van der Waals surface area contributed by atoms with Gasteiger partial charge in [-0.1, -0.05) is 5.16 Å². The molecule has 3 heterocycles. The highest BCUT2D eigenvalue weighted by molar-refractivity contribution is 5.50. The molecule has 0 aliphatic carbocycles. The molecule has 0 aromatic carbocycles. The summed E-state index contributed by atoms with van der Waals surface area (Å²) in [5.41, 5.74) is -0.917. The van der Waals surface area contributed by atoms with Crippen LogP contribution in [0.3, 0.4) is 0 Å². The molecule has 124 valence electrons. The molecule has 1 fully saturated rings. The summed E-state index contributed by atoms with van der Waals surface area (Å²) in [6, 6.07) is 2.40. The smallest absolute Gasteiger partial charge is 0.378 e. The fourth-order valence-corrected chi connectivity index (χ4v) is 2.23. The number of morpholine rings is 1. The Hall–Kier alpha value is -2.20. The van der Waals surface area contributed by atoms with Crippen LogP contribution in [-0.2, 0) is 11.3 Å². The van der Waals surface area contributed by atoms with Crippen molar-refractivity contribution in [3.63, 3.8) is 0 Å². The first kappa shape index (κ1) is 15.7. The average Bonchev–Trinajstić information content (AvgIpc) is 2.99. The van der Waals surface area contributed by atoms with Crippen LogP contribution < -0.4 is 10.9 Å². The molecule has 1 saturated heterocycles. The lowest BCUT2D eigenvalue weighted by molar-refractivity contribution is -0.141. The standard InChI is InChI=1S/C13H13F3N4O3/c14-13(15,16)7-20-4-1-2-8(12(20)21)11-18-10(19-23-11)9-6-22-5-3-17-9/h1-2,4,9,17H,3,5-7H2. The van der Waals surface area contributed by atoms with Crippen LogP contribution in [0.5, 0.6) is 0 Å². The Kier molecular flexibility index (Phi) is 4.18. The van der Waals surface area contributed by atoms with E-state index in [-0.39, 0.29) is 17.5 Å². The molecule has 2 aromatic heterocycles. The van der Waals surface area contributed by atoms with Crippen molar-refractivity contribution < 1.29 is 22.4 Å². The fourth-order valence-electron chi connectivity index (χ4n) is 2.23. The van der Waals surface area contributed by atoms with E-state index in [1.165, 1.54) is 12.1 Å². The zero-order valence-electron chi connectivity index (χ0n) is 11.8. The van der Waals surface area contributed by atoms with Crippen molar-refractivity contribution in [2.45, 2.75) is 18.8 Å². The van der Waals surface area contributed by atoms with Gasteiger partial charge in [-0.3, -0.25) is 4.79 Å². The van der Waals surface area contributed by atoms with E-state index in [2.05, 4.69) is 15.5 Å². The number of rotatable bonds is 3. The molecule has 7 nitrogen and oxygen atoms in total. The lowest BCUT2D eigenvalue weighted by Crippen LogP contribution is -2.35. The van der Waals surface area contributed by atoms with Crippen LogP contribution in [-0.4, -0.2) is 40.6 Å². The van der Waals surface area contributed by atoms with Gasteiger partial charge in [0.15, 0.2) is 5.82 Å². The SMILES string of the molecule is O=c1c(-c2nc(C3COCCN3)no2)cccn1CC(F)(F)F. The van der Waals surface area contributed by atoms with Crippen molar-refractivity contribution >= 4 is 0 Å². The molecule has 2 aromatic rings. The lowest BCUT2D eigenvalue weighted by Gasteiger charge is -2.20. The number of ether oxygens (including phenoxy) is 1. The van der Waals surface area contributed by atoms with Gasteiger partial charge in [-0.15, -0.1) is 0 Å². The molecule has 0 spiro atoms. The Morgan fingerprint density at radius 2 is 2.26 bits per heavy atom. The van der Waals surface area contributed by atoms with E-state index in [1.807, 2.05) is 0 Å². The molecule has 0 saturated carbocycles. The molecule has 3 rings (SSSR count). The second-order valence-electron chi connectivity index (χ2n) is 5.01. The molecule has 23 heavy (non-hydrogen) atoms. The number of halogens is 3. The first-order chi connectivity index (χ1) is 10.9. The van der Waals surface area contributed by atoms with Gasteiger partial charge in [-0.2, -0.15) is 18.2 Å². The molecule has 0 radical (unpaired) electrons. The van der Waals surface area contributed by atoms with E-state index in [4.69, 9.17) is 9.26 Å². The maximum atomic E-state index is 12.5. The van der Waals surface area contributed by atoms with Gasteiger partial charge >= 0.3 is 6.18 Å². The topological polar surface area (TPSA) is 82.2 Å². The summed E-state index contributed by atoms with van der Waals surface area (Å²) in [6.07, 6.45) is -3.43. The summed E-state index contributed by atoms with van der Waals surface area (Å²) in [5.74, 6) is 0.180. The van der Waals surface area contributed by atoms with Crippen LogP contribution in [0.15, 0.2) is 27.6 Å². The van der Waals surface area contributed by atoms with Crippen molar-refractivity contribution in [1.29, 1.82) is 0 Å². The van der Waals surface area contributed by atoms with Crippen LogP contribution in [0, 0.1) is 0 Å². The van der Waals surface area contributed by atoms with Crippen LogP contribution in [0.1, 0.15) is 11.9 Å². The van der Waals surface area contributed by atoms with Crippen molar-refractivity contribution in [3.05, 3.63) is 34.5 Å². The number of hydrogen-bond donors (Lipinski definition) is 1. The number of aromatic nitrogens is 3. The van der Waals surface area contributed by atoms with E-state index in [1.54, 1.807) is 0 Å². The van der Waals surface area contributed by atoms with Gasteiger partial charge in [0, 0.05) is 12.7 Å². The second kappa shape index (κ2) is 6.13. The van der Waals surface area contributed by atoms with Crippen molar-refractivity contribution in [3.8, 4) is 11.5 Å². The quantitative estimate of drug-likeness (QED) is 0.908. The van der Waals surface area contributed by atoms with E-state index in [0.717, 1.165) is 6.20 Å². The Morgan fingerprint density at radius 3 is 2.96 bits per heavy atom. The minimum atomic E-state index is -4.49. The summed E-state index contributed by atoms with van der Waals surface area (Å²) < 4.78 is 48.3. The maximum absolute atomic E-state index is 12.5. The third-order valence-corrected chi connectivity index (χ3v) is 3.28. The van der Waals surface area contributed by atoms with E-state index < -0.39 is 18.3 Å². The van der Waals surface area contributed by atoms with Gasteiger partial charge in [-0.25, -0.2) is 0 Å². The lowest BCUT2D eigenvalue weighted by atomic mass is 10.2. The van der Waals surface area contributed by atoms with Crippen molar-refractivity contribution in [2.75, 3.05) is 19.8 Å². The molecule has 10 heteroatoms. The van der Waals surface area contributed by atoms with E-state index in [9.17, 15) is 18.0 Å². The molecule has 1 unspecified atom stereocenters. The third-order valence-electron chi connectivity index (χ3n) is 3.28. The van der Waals surface area contributed by atoms with E-state index >= 15 is 0 Å². The molecular weight excluding hydrogens is 317 g/mol. The zero-order valence-corrected chi connectivity index (χ0v) is 11.8. The Morgan fingerprint density at radius 1 is 1.43 bits per heavy atom. The fraction of sp³-hybridized carbons (Fsp3) is 0.462. The zero-order chi connectivity index (χ0) is 16.4. The molecular formula is C13H13F3N4O3. The predicted octanol–water partition coefficient (Wildman–Crippen LogP) is 1.12. The summed E-state index contributed by atoms with van der Waals surface area (Å²) in [6.45, 7) is 0.172. The molecule has 1 N–H and O–H groups in total. The second-order valence-corrected chi connectivity index (χ2v) is 5.01. The average molecular weight is 330 g/mol. The predicted molar refractivity (Wildman–Crippen MR) is 71.6 cm³/mol. The number of pyridine rings is 1. The van der Waals surface area contributed by atoms with Gasteiger partial charge in [0.1, 0.15) is 12.1 Å². The van der Waals surface area contributed by atoms with Crippen LogP contribution in [0.2, 0.25) is 0 Å². The van der Waals surface area contributed by atoms with Gasteiger partial charge in [0.25, 0.3) is 11.4 Å². The van der Waals surface area contributed by atoms with Crippen LogP contribution in [0.4, 0.5) is 13.2 Å². The van der Waals surface area contributed by atoms with Crippen molar-refractivity contribution in [1.82, 2.24) is 20.0 Å². The number of hydrogen-bond acceptors (Lipinski definition) is 6. The third kappa shape index (κ3) is 3.59. The maximum Gasteiger partial charge on any atom is 0.406 e. The van der Waals surface area contributed by atoms with Crippen LogP contribution in [0.25, 0.3) is 11.5 Å². The molecule has 0 bridgehead atoms. The number of nitrogens with one attached hydrogen (secondary N) is 1. The monoisotopic (exact) mass is 330 g/mol. The molecule has 1 atom stereocenters. The van der Waals surface area contributed by atoms with Gasteiger partial charge in [-0.05, 0) is 12.1 Å². The highest BCUT2D eigenvalue weighted by Gasteiger charge is 2.29. The highest BCUT2D eigenvalue weighted by atomic mass is 19.4. The van der Waals surface area contributed by atoms with Crippen molar-refractivity contribution in [2.24, 2.45) is 0 Å².